The van der Waals surface area contributed by atoms with Gasteiger partial charge in [-0.15, -0.1) is 11.3 Å². The maximum absolute atomic E-state index is 12.6. The van der Waals surface area contributed by atoms with Crippen molar-refractivity contribution in [2.45, 2.75) is 32.2 Å². The molecule has 1 aromatic heterocycles. The fraction of sp³-hybridized carbons (Fsp3) is 0.280. The van der Waals surface area contributed by atoms with E-state index in [1.54, 1.807) is 0 Å². The van der Waals surface area contributed by atoms with E-state index in [0.717, 1.165) is 30.4 Å². The van der Waals surface area contributed by atoms with Crippen LogP contribution in [-0.2, 0) is 22.4 Å². The molecule has 4 nitrogen and oxygen atoms in total. The zero-order valence-electron chi connectivity index (χ0n) is 17.0. The van der Waals surface area contributed by atoms with E-state index < -0.39 is 5.97 Å². The van der Waals surface area contributed by atoms with E-state index in [-0.39, 0.29) is 18.6 Å². The van der Waals surface area contributed by atoms with E-state index >= 15 is 0 Å². The summed E-state index contributed by atoms with van der Waals surface area (Å²) >= 11 is 1.50. The molecule has 0 radical (unpaired) electrons. The van der Waals surface area contributed by atoms with Gasteiger partial charge in [-0.05, 0) is 47.9 Å². The number of carbonyl (C=O) groups is 2. The average Bonchev–Trinajstić information content (AvgIpc) is 3.20. The summed E-state index contributed by atoms with van der Waals surface area (Å²) in [6.45, 7) is 1.94. The molecule has 2 aromatic carbocycles. The predicted molar refractivity (Wildman–Crippen MR) is 119 cm³/mol. The highest BCUT2D eigenvalue weighted by Crippen LogP contribution is 2.32. The maximum atomic E-state index is 12.6. The second-order valence-corrected chi connectivity index (χ2v) is 8.94. The minimum Gasteiger partial charge on any atom is -0.451 e. The molecular weight excluding hydrogens is 394 g/mol. The fourth-order valence-corrected chi connectivity index (χ4v) is 4.96. The van der Waals surface area contributed by atoms with Crippen molar-refractivity contribution in [1.82, 2.24) is 5.32 Å². The first-order chi connectivity index (χ1) is 14.6. The Morgan fingerprint density at radius 3 is 2.33 bits per heavy atom. The van der Waals surface area contributed by atoms with E-state index in [1.165, 1.54) is 21.8 Å². The highest BCUT2D eigenvalue weighted by atomic mass is 32.1. The molecule has 0 fully saturated rings. The normalized spacial score (nSPS) is 15.5. The Labute approximate surface area is 180 Å². The molecule has 3 aromatic rings. The summed E-state index contributed by atoms with van der Waals surface area (Å²) in [4.78, 5) is 26.9. The third-order valence-electron chi connectivity index (χ3n) is 5.44. The molecule has 1 N–H and O–H groups in total. The number of fused-ring (bicyclic) bond motifs is 1. The van der Waals surface area contributed by atoms with Crippen LogP contribution in [0.25, 0.3) is 0 Å². The van der Waals surface area contributed by atoms with Gasteiger partial charge in [-0.2, -0.15) is 0 Å². The second kappa shape index (κ2) is 9.26. The second-order valence-electron chi connectivity index (χ2n) is 7.81. The van der Waals surface area contributed by atoms with Crippen LogP contribution >= 0.6 is 11.3 Å². The Kier molecular flexibility index (Phi) is 6.29. The number of benzene rings is 2. The number of amides is 1. The molecule has 0 saturated heterocycles. The van der Waals surface area contributed by atoms with Crippen molar-refractivity contribution in [2.24, 2.45) is 5.92 Å². The van der Waals surface area contributed by atoms with E-state index in [0.29, 0.717) is 10.8 Å². The molecule has 1 aliphatic rings. The summed E-state index contributed by atoms with van der Waals surface area (Å²) in [7, 11) is 0. The van der Waals surface area contributed by atoms with Gasteiger partial charge in [-0.1, -0.05) is 67.6 Å². The van der Waals surface area contributed by atoms with Gasteiger partial charge >= 0.3 is 5.97 Å². The van der Waals surface area contributed by atoms with Crippen molar-refractivity contribution in [1.29, 1.82) is 0 Å². The number of ether oxygens (including phenoxy) is 1. The van der Waals surface area contributed by atoms with Crippen LogP contribution in [0.4, 0.5) is 0 Å². The number of thiophene rings is 1. The minimum absolute atomic E-state index is 0.297. The van der Waals surface area contributed by atoms with Crippen LogP contribution < -0.4 is 5.32 Å². The Morgan fingerprint density at radius 2 is 1.70 bits per heavy atom. The molecule has 4 rings (SSSR count). The van der Waals surface area contributed by atoms with Gasteiger partial charge in [0.1, 0.15) is 4.88 Å². The van der Waals surface area contributed by atoms with Gasteiger partial charge in [-0.3, -0.25) is 4.79 Å². The van der Waals surface area contributed by atoms with Crippen molar-refractivity contribution in [2.75, 3.05) is 6.61 Å². The van der Waals surface area contributed by atoms with Crippen LogP contribution in [0.5, 0.6) is 0 Å². The van der Waals surface area contributed by atoms with Gasteiger partial charge in [0.2, 0.25) is 0 Å². The van der Waals surface area contributed by atoms with Crippen molar-refractivity contribution in [3.8, 4) is 0 Å². The van der Waals surface area contributed by atoms with E-state index in [1.807, 2.05) is 66.7 Å². The fourth-order valence-electron chi connectivity index (χ4n) is 3.86. The van der Waals surface area contributed by atoms with Crippen molar-refractivity contribution in [3.63, 3.8) is 0 Å². The Morgan fingerprint density at radius 1 is 1.07 bits per heavy atom. The molecule has 1 atom stereocenters. The highest BCUT2D eigenvalue weighted by molar-refractivity contribution is 7.14. The first-order valence-electron chi connectivity index (χ1n) is 10.3. The smallest absolute Gasteiger partial charge is 0.348 e. The molecule has 0 bridgehead atoms. The van der Waals surface area contributed by atoms with Crippen molar-refractivity contribution in [3.05, 3.63) is 93.2 Å². The number of hydrogen-bond acceptors (Lipinski definition) is 4. The van der Waals surface area contributed by atoms with E-state index in [2.05, 4.69) is 12.2 Å². The van der Waals surface area contributed by atoms with Crippen molar-refractivity contribution < 1.29 is 14.3 Å². The molecule has 0 saturated carbocycles. The predicted octanol–water partition coefficient (Wildman–Crippen LogP) is 4.94. The highest BCUT2D eigenvalue weighted by Gasteiger charge is 2.22. The van der Waals surface area contributed by atoms with Gasteiger partial charge in [0.15, 0.2) is 6.61 Å². The molecular formula is C25H25NO3S. The Bertz CT molecular complexity index is 974. The third-order valence-corrected chi connectivity index (χ3v) is 6.65. The third kappa shape index (κ3) is 4.79. The summed E-state index contributed by atoms with van der Waals surface area (Å²) < 4.78 is 5.33. The molecule has 1 heterocycles. The quantitative estimate of drug-likeness (QED) is 0.576. The summed E-state index contributed by atoms with van der Waals surface area (Å²) in [5, 5.41) is 3.00. The van der Waals surface area contributed by atoms with Crippen LogP contribution in [0.2, 0.25) is 0 Å². The lowest BCUT2D eigenvalue weighted by molar-refractivity contribution is -0.124. The van der Waals surface area contributed by atoms with Crippen LogP contribution in [0, 0.1) is 5.92 Å². The zero-order chi connectivity index (χ0) is 20.9. The van der Waals surface area contributed by atoms with Crippen LogP contribution in [-0.4, -0.2) is 18.5 Å². The SMILES string of the molecule is C[C@@H]1CCc2sc(C(=O)OCC(=O)NC(c3ccccc3)c3ccccc3)cc2C1. The van der Waals surface area contributed by atoms with E-state index in [4.69, 9.17) is 4.74 Å². The molecule has 0 unspecified atom stereocenters. The molecule has 154 valence electrons. The minimum atomic E-state index is -0.423. The largest absolute Gasteiger partial charge is 0.451 e. The lowest BCUT2D eigenvalue weighted by atomic mass is 9.90. The Hall–Kier alpha value is -2.92. The molecule has 5 heteroatoms. The molecule has 0 aliphatic heterocycles. The van der Waals surface area contributed by atoms with Crippen molar-refractivity contribution >= 4 is 23.2 Å². The summed E-state index contributed by atoms with van der Waals surface area (Å²) in [6.07, 6.45) is 3.19. The molecule has 1 amide bonds. The monoisotopic (exact) mass is 419 g/mol. The average molecular weight is 420 g/mol. The maximum Gasteiger partial charge on any atom is 0.348 e. The first-order valence-corrected chi connectivity index (χ1v) is 11.1. The zero-order valence-corrected chi connectivity index (χ0v) is 17.8. The summed E-state index contributed by atoms with van der Waals surface area (Å²) in [5.41, 5.74) is 3.20. The van der Waals surface area contributed by atoms with Crippen LogP contribution in [0.15, 0.2) is 66.7 Å². The van der Waals surface area contributed by atoms with Gasteiger partial charge in [0, 0.05) is 4.88 Å². The number of rotatable bonds is 6. The lowest BCUT2D eigenvalue weighted by Gasteiger charge is -2.19. The number of nitrogens with one attached hydrogen (secondary N) is 1. The lowest BCUT2D eigenvalue weighted by Crippen LogP contribution is -2.33. The number of carbonyl (C=O) groups excluding carboxylic acids is 2. The van der Waals surface area contributed by atoms with Gasteiger partial charge < -0.3 is 10.1 Å². The van der Waals surface area contributed by atoms with Gasteiger partial charge in [0.05, 0.1) is 6.04 Å². The molecule has 30 heavy (non-hydrogen) atoms. The van der Waals surface area contributed by atoms with E-state index in [9.17, 15) is 9.59 Å². The number of aryl methyl sites for hydroxylation is 1. The summed E-state index contributed by atoms with van der Waals surface area (Å²) in [5.74, 6) is -0.0983. The number of hydrogen-bond donors (Lipinski definition) is 1. The first kappa shape index (κ1) is 20.4. The van der Waals surface area contributed by atoms with Gasteiger partial charge in [-0.25, -0.2) is 4.79 Å². The van der Waals surface area contributed by atoms with Crippen LogP contribution in [0.3, 0.4) is 0 Å². The molecule has 0 spiro atoms. The topological polar surface area (TPSA) is 55.4 Å². The van der Waals surface area contributed by atoms with Gasteiger partial charge in [0.25, 0.3) is 5.91 Å². The standard InChI is InChI=1S/C25H25NO3S/c1-17-12-13-21-20(14-17)15-22(30-21)25(28)29-16-23(27)26-24(18-8-4-2-5-9-18)19-10-6-3-7-11-19/h2-11,15,17,24H,12-14,16H2,1H3,(H,26,27)/t17-/m1/s1. The molecule has 1 aliphatic carbocycles. The number of esters is 1. The Balaban J connectivity index is 1.40. The van der Waals surface area contributed by atoms with Crippen LogP contribution in [0.1, 0.15) is 50.6 Å². The summed E-state index contributed by atoms with van der Waals surface area (Å²) in [6, 6.07) is 21.2.